The lowest BCUT2D eigenvalue weighted by Crippen LogP contribution is -2.70. The van der Waals surface area contributed by atoms with Crippen molar-refractivity contribution >= 4 is 5.97 Å². The normalized spacial score (nSPS) is 55.9. The number of hydrogen-bond donors (Lipinski definition) is 12. The lowest BCUT2D eigenvalue weighted by Gasteiger charge is -2.72. The highest BCUT2D eigenvalue weighted by molar-refractivity contribution is 5.79. The van der Waals surface area contributed by atoms with E-state index in [1.807, 2.05) is 0 Å². The molecule has 0 amide bonds. The van der Waals surface area contributed by atoms with Gasteiger partial charge in [0.2, 0.25) is 6.29 Å². The van der Waals surface area contributed by atoms with Crippen LogP contribution in [0.1, 0.15) is 99.8 Å². The average molecular weight is 945 g/mol. The van der Waals surface area contributed by atoms with Crippen LogP contribution in [-0.4, -0.2) is 191 Å². The molecule has 0 bridgehead atoms. The molecule has 19 heteroatoms. The van der Waals surface area contributed by atoms with Gasteiger partial charge in [-0.3, -0.25) is 4.79 Å². The van der Waals surface area contributed by atoms with Gasteiger partial charge < -0.3 is 89.7 Å². The highest BCUT2D eigenvalue weighted by Gasteiger charge is 2.73. The molecule has 4 saturated carbocycles. The van der Waals surface area contributed by atoms with Crippen molar-refractivity contribution in [1.82, 2.24) is 0 Å². The van der Waals surface area contributed by atoms with E-state index in [1.54, 1.807) is 13.8 Å². The van der Waals surface area contributed by atoms with Gasteiger partial charge in [0.15, 0.2) is 12.6 Å². The number of allylic oxidation sites excluding steroid dienone is 1. The van der Waals surface area contributed by atoms with E-state index >= 15 is 0 Å². The molecule has 66 heavy (non-hydrogen) atoms. The van der Waals surface area contributed by atoms with E-state index in [2.05, 4.69) is 40.7 Å². The van der Waals surface area contributed by atoms with E-state index in [-0.39, 0.29) is 42.1 Å². The Bertz CT molecular complexity index is 1810. The van der Waals surface area contributed by atoms with E-state index in [0.717, 1.165) is 24.8 Å². The van der Waals surface area contributed by atoms with Crippen molar-refractivity contribution in [2.45, 2.75) is 204 Å². The van der Waals surface area contributed by atoms with Crippen LogP contribution in [-0.2, 0) is 33.2 Å². The fraction of sp³-hybridized carbons (Fsp3) is 0.936. The molecule has 3 aliphatic heterocycles. The first kappa shape index (κ1) is 50.9. The van der Waals surface area contributed by atoms with Gasteiger partial charge in [-0.25, -0.2) is 0 Å². The summed E-state index contributed by atoms with van der Waals surface area (Å²) in [4.78, 5) is 14.8. The second kappa shape index (κ2) is 17.7. The second-order valence-corrected chi connectivity index (χ2v) is 22.8. The summed E-state index contributed by atoms with van der Waals surface area (Å²) in [7, 11) is 0. The maximum absolute atomic E-state index is 14.8. The van der Waals surface area contributed by atoms with E-state index in [0.29, 0.717) is 19.3 Å². The molecule has 7 fully saturated rings. The number of ether oxygens (including phenoxy) is 6. The summed E-state index contributed by atoms with van der Waals surface area (Å²) in [6.45, 7) is 13.1. The van der Waals surface area contributed by atoms with E-state index in [4.69, 9.17) is 28.4 Å². The van der Waals surface area contributed by atoms with Crippen LogP contribution in [0.3, 0.4) is 0 Å². The van der Waals surface area contributed by atoms with Crippen LogP contribution < -0.4 is 0 Å². The van der Waals surface area contributed by atoms with Crippen LogP contribution in [0, 0.1) is 50.7 Å². The molecule has 8 rings (SSSR count). The number of rotatable bonds is 8. The number of esters is 1. The smallest absolute Gasteiger partial charge is 0.315 e. The van der Waals surface area contributed by atoms with E-state index < -0.39 is 151 Å². The van der Waals surface area contributed by atoms with Gasteiger partial charge in [-0.15, -0.1) is 0 Å². The molecule has 0 spiro atoms. The Morgan fingerprint density at radius 3 is 1.92 bits per heavy atom. The third-order valence-corrected chi connectivity index (χ3v) is 19.4. The number of aliphatic hydroxyl groups excluding tert-OH is 11. The Morgan fingerprint density at radius 1 is 0.697 bits per heavy atom. The predicted molar refractivity (Wildman–Crippen MR) is 227 cm³/mol. The van der Waals surface area contributed by atoms with Crippen molar-refractivity contribution in [2.75, 3.05) is 19.8 Å². The lowest BCUT2D eigenvalue weighted by molar-refractivity contribution is -0.357. The minimum Gasteiger partial charge on any atom is -0.432 e. The van der Waals surface area contributed by atoms with Crippen LogP contribution >= 0.6 is 0 Å². The Morgan fingerprint density at radius 2 is 1.30 bits per heavy atom. The Balaban J connectivity index is 1.03. The third kappa shape index (κ3) is 7.51. The summed E-state index contributed by atoms with van der Waals surface area (Å²) in [5.74, 6) is -1.93. The van der Waals surface area contributed by atoms with Crippen LogP contribution in [0.25, 0.3) is 0 Å². The summed E-state index contributed by atoms with van der Waals surface area (Å²) in [5, 5.41) is 129. The summed E-state index contributed by atoms with van der Waals surface area (Å²) in [6.07, 6.45) is -16.6. The SMILES string of the molecule is CC1C(O)CC2(C(=O)OC3OC(CO)C(O)C(O)C3O)CCC3(C)C(=CCC4C5(C)CCC(OC6OCC(O)C(OC7OC(CO)C(O)C(O)C7O)C6O)C(C)(C)C5CCC43C)C2C1(C)O. The lowest BCUT2D eigenvalue weighted by atomic mass is 9.33. The quantitative estimate of drug-likeness (QED) is 0.0766. The highest BCUT2D eigenvalue weighted by atomic mass is 16.7. The molecule has 25 unspecified atom stereocenters. The number of carbonyl (C=O) groups is 1. The molecule has 0 aromatic carbocycles. The first-order chi connectivity index (χ1) is 30.8. The molecule has 0 aromatic rings. The zero-order valence-corrected chi connectivity index (χ0v) is 39.1. The summed E-state index contributed by atoms with van der Waals surface area (Å²) < 4.78 is 35.3. The van der Waals surface area contributed by atoms with Crippen LogP contribution in [0.15, 0.2) is 11.6 Å². The molecule has 0 aromatic heterocycles. The van der Waals surface area contributed by atoms with Gasteiger partial charge >= 0.3 is 5.97 Å². The largest absolute Gasteiger partial charge is 0.432 e. The minimum atomic E-state index is -1.82. The van der Waals surface area contributed by atoms with Gasteiger partial charge in [-0.05, 0) is 91.8 Å². The highest BCUT2D eigenvalue weighted by Crippen LogP contribution is 2.76. The van der Waals surface area contributed by atoms with Gasteiger partial charge in [-0.2, -0.15) is 0 Å². The number of aliphatic hydroxyl groups is 12. The summed E-state index contributed by atoms with van der Waals surface area (Å²) in [5.41, 5.74) is -3.59. The number of carbonyl (C=O) groups excluding carboxylic acids is 1. The van der Waals surface area contributed by atoms with Gasteiger partial charge in [-0.1, -0.05) is 53.2 Å². The maximum Gasteiger partial charge on any atom is 0.315 e. The van der Waals surface area contributed by atoms with Gasteiger partial charge in [0.25, 0.3) is 0 Å². The zero-order valence-electron chi connectivity index (χ0n) is 39.1. The minimum absolute atomic E-state index is 0.0207. The van der Waals surface area contributed by atoms with Crippen LogP contribution in [0.4, 0.5) is 0 Å². The monoisotopic (exact) mass is 944 g/mol. The van der Waals surface area contributed by atoms with Gasteiger partial charge in [0.05, 0.1) is 43.0 Å². The topological polar surface area (TPSA) is 315 Å². The number of hydrogen-bond acceptors (Lipinski definition) is 19. The van der Waals surface area contributed by atoms with Gasteiger partial charge in [0.1, 0.15) is 67.1 Å². The summed E-state index contributed by atoms with van der Waals surface area (Å²) in [6, 6.07) is 0. The van der Waals surface area contributed by atoms with Crippen molar-refractivity contribution in [3.05, 3.63) is 11.6 Å². The van der Waals surface area contributed by atoms with Crippen molar-refractivity contribution in [3.63, 3.8) is 0 Å². The maximum atomic E-state index is 14.8. The molecular weight excluding hydrogens is 868 g/mol. The molecule has 0 radical (unpaired) electrons. The molecule has 3 heterocycles. The Labute approximate surface area is 385 Å². The molecule has 5 aliphatic carbocycles. The van der Waals surface area contributed by atoms with E-state index in [1.165, 1.54) is 0 Å². The van der Waals surface area contributed by atoms with Crippen LogP contribution in [0.2, 0.25) is 0 Å². The fourth-order valence-corrected chi connectivity index (χ4v) is 15.1. The van der Waals surface area contributed by atoms with Crippen molar-refractivity contribution in [2.24, 2.45) is 50.7 Å². The molecule has 19 nitrogen and oxygen atoms in total. The molecule has 12 N–H and O–H groups in total. The fourth-order valence-electron chi connectivity index (χ4n) is 15.1. The molecule has 378 valence electrons. The Hall–Kier alpha value is -1.47. The Kier molecular flexibility index (Phi) is 13.6. The van der Waals surface area contributed by atoms with Crippen LogP contribution in [0.5, 0.6) is 0 Å². The van der Waals surface area contributed by atoms with Crippen molar-refractivity contribution in [3.8, 4) is 0 Å². The second-order valence-electron chi connectivity index (χ2n) is 22.8. The zero-order chi connectivity index (χ0) is 48.4. The predicted octanol–water partition coefficient (Wildman–Crippen LogP) is -1.28. The molecule has 8 aliphatic rings. The molecule has 3 saturated heterocycles. The molecule has 25 atom stereocenters. The summed E-state index contributed by atoms with van der Waals surface area (Å²) >= 11 is 0. The first-order valence-corrected chi connectivity index (χ1v) is 24.0. The first-order valence-electron chi connectivity index (χ1n) is 24.0. The van der Waals surface area contributed by atoms with Crippen molar-refractivity contribution in [1.29, 1.82) is 0 Å². The average Bonchev–Trinajstić information content (AvgIpc) is 3.26. The van der Waals surface area contributed by atoms with Gasteiger partial charge in [0, 0.05) is 11.8 Å². The molecular formula is C47H76O19. The third-order valence-electron chi connectivity index (χ3n) is 19.4. The number of fused-ring (bicyclic) bond motifs is 7. The van der Waals surface area contributed by atoms with E-state index in [9.17, 15) is 66.1 Å². The van der Waals surface area contributed by atoms with Crippen molar-refractivity contribution < 1.29 is 94.5 Å². The standard InChI is InChI=1S/C47H76O19/c1-20-22(50)16-47(41(59)66-40-34(57)32(55)30(53)25(18-49)63-40)15-14-44(5)21(37(47)46(20,7)60)8-9-27-43(4)12-11-28(42(2,3)26(43)10-13-45(27,44)6)64-38-35(58)36(23(51)19-61-38)65-39-33(56)31(54)29(52)24(17-48)62-39/h8,20,22-40,48-58,60H,9-19H2,1-7H3.